The Morgan fingerprint density at radius 1 is 1.45 bits per heavy atom. The van der Waals surface area contributed by atoms with Crippen molar-refractivity contribution >= 4 is 39.4 Å². The number of carbonyl (C=O) groups excluding carboxylic acids is 1. The molecule has 1 rings (SSSR count). The van der Waals surface area contributed by atoms with E-state index in [1.807, 2.05) is 6.92 Å². The van der Waals surface area contributed by atoms with Gasteiger partial charge in [0.1, 0.15) is 0 Å². The molecule has 0 unspecified atom stereocenters. The first kappa shape index (κ1) is 16.4. The molecule has 9 heteroatoms. The predicted molar refractivity (Wildman–Crippen MR) is 80.0 cm³/mol. The van der Waals surface area contributed by atoms with Crippen molar-refractivity contribution < 1.29 is 17.9 Å². The van der Waals surface area contributed by atoms with Gasteiger partial charge in [-0.15, -0.1) is 11.8 Å². The summed E-state index contributed by atoms with van der Waals surface area (Å²) >= 11 is 1.59. The van der Waals surface area contributed by atoms with Crippen LogP contribution in [0.25, 0.3) is 0 Å². The van der Waals surface area contributed by atoms with Crippen molar-refractivity contribution in [2.45, 2.75) is 18.2 Å². The normalized spacial score (nSPS) is 10.9. The number of methoxy groups -OCH3 is 1. The minimum atomic E-state index is -4.07. The summed E-state index contributed by atoms with van der Waals surface area (Å²) in [5.74, 6) is 0.913. The van der Waals surface area contributed by atoms with Gasteiger partial charge in [0.05, 0.1) is 18.5 Å². The van der Waals surface area contributed by atoms with E-state index in [2.05, 4.69) is 9.46 Å². The zero-order chi connectivity index (χ0) is 15.2. The molecule has 0 bridgehead atoms. The third-order valence-electron chi connectivity index (χ3n) is 2.15. The van der Waals surface area contributed by atoms with Crippen LogP contribution in [-0.4, -0.2) is 27.4 Å². The highest BCUT2D eigenvalue weighted by Gasteiger charge is 2.16. The summed E-state index contributed by atoms with van der Waals surface area (Å²) < 4.78 is 31.4. The van der Waals surface area contributed by atoms with Crippen molar-refractivity contribution in [3.63, 3.8) is 0 Å². The van der Waals surface area contributed by atoms with E-state index in [9.17, 15) is 13.2 Å². The molecule has 0 saturated carbocycles. The van der Waals surface area contributed by atoms with Crippen molar-refractivity contribution in [2.24, 2.45) is 0 Å². The van der Waals surface area contributed by atoms with Crippen LogP contribution in [0.3, 0.4) is 0 Å². The van der Waals surface area contributed by atoms with Gasteiger partial charge in [-0.3, -0.25) is 4.72 Å². The molecule has 0 atom stereocenters. The molecule has 112 valence electrons. The number of anilines is 2. The Morgan fingerprint density at radius 2 is 2.15 bits per heavy atom. The van der Waals surface area contributed by atoms with E-state index in [4.69, 9.17) is 5.73 Å². The lowest BCUT2D eigenvalue weighted by Crippen LogP contribution is -2.35. The Bertz CT molecular complexity index is 575. The minimum absolute atomic E-state index is 0.211. The summed E-state index contributed by atoms with van der Waals surface area (Å²) in [6.07, 6.45) is -0.0763. The maximum absolute atomic E-state index is 11.7. The standard InChI is InChI=1S/C11H17N3O4S2/c1-3-6-19-8-4-5-9(12)10(7-8)13-20(16,17)14-11(15)18-2/h4-5,7,13H,3,6,12H2,1-2H3,(H,14,15). The van der Waals surface area contributed by atoms with Gasteiger partial charge in [-0.1, -0.05) is 6.92 Å². The summed E-state index contributed by atoms with van der Waals surface area (Å²) in [5.41, 5.74) is 6.18. The highest BCUT2D eigenvalue weighted by Crippen LogP contribution is 2.27. The van der Waals surface area contributed by atoms with Crippen molar-refractivity contribution in [2.75, 3.05) is 23.3 Å². The van der Waals surface area contributed by atoms with E-state index in [1.54, 1.807) is 34.7 Å². The van der Waals surface area contributed by atoms with E-state index < -0.39 is 16.3 Å². The van der Waals surface area contributed by atoms with E-state index in [0.29, 0.717) is 0 Å². The number of ether oxygens (including phenoxy) is 1. The topological polar surface area (TPSA) is 111 Å². The summed E-state index contributed by atoms with van der Waals surface area (Å²) in [4.78, 5) is 11.8. The fourth-order valence-electron chi connectivity index (χ4n) is 1.26. The molecular formula is C11H17N3O4S2. The van der Waals surface area contributed by atoms with E-state index in [-0.39, 0.29) is 11.4 Å². The molecule has 0 saturated heterocycles. The number of nitrogens with one attached hydrogen (secondary N) is 2. The summed E-state index contributed by atoms with van der Waals surface area (Å²) in [6, 6.07) is 5.03. The number of benzene rings is 1. The SMILES string of the molecule is CCCSc1ccc(N)c(NS(=O)(=O)NC(=O)OC)c1. The first-order valence-corrected chi connectivity index (χ1v) is 8.25. The maximum Gasteiger partial charge on any atom is 0.422 e. The third-order valence-corrected chi connectivity index (χ3v) is 4.27. The molecule has 0 aliphatic rings. The molecule has 1 aromatic rings. The average Bonchev–Trinajstić information content (AvgIpc) is 2.38. The number of amides is 1. The molecule has 0 fully saturated rings. The maximum atomic E-state index is 11.7. The smallest absolute Gasteiger partial charge is 0.422 e. The lowest BCUT2D eigenvalue weighted by Gasteiger charge is -2.12. The van der Waals surface area contributed by atoms with Crippen molar-refractivity contribution in [1.29, 1.82) is 0 Å². The zero-order valence-electron chi connectivity index (χ0n) is 11.2. The van der Waals surface area contributed by atoms with Crippen LogP contribution in [0.4, 0.5) is 16.2 Å². The van der Waals surface area contributed by atoms with Gasteiger partial charge < -0.3 is 10.5 Å². The highest BCUT2D eigenvalue weighted by atomic mass is 32.2. The zero-order valence-corrected chi connectivity index (χ0v) is 12.8. The monoisotopic (exact) mass is 319 g/mol. The lowest BCUT2D eigenvalue weighted by atomic mass is 10.3. The highest BCUT2D eigenvalue weighted by molar-refractivity contribution is 7.99. The number of thioether (sulfide) groups is 1. The van der Waals surface area contributed by atoms with Crippen LogP contribution >= 0.6 is 11.8 Å². The van der Waals surface area contributed by atoms with Crippen LogP contribution in [0.15, 0.2) is 23.1 Å². The number of carbonyl (C=O) groups is 1. The van der Waals surface area contributed by atoms with Crippen molar-refractivity contribution in [3.05, 3.63) is 18.2 Å². The minimum Gasteiger partial charge on any atom is -0.452 e. The quantitative estimate of drug-likeness (QED) is 0.544. The molecule has 7 nitrogen and oxygen atoms in total. The summed E-state index contributed by atoms with van der Waals surface area (Å²) in [5, 5.41) is 0. The molecule has 0 spiro atoms. The molecule has 0 radical (unpaired) electrons. The van der Waals surface area contributed by atoms with Gasteiger partial charge in [-0.05, 0) is 30.4 Å². The van der Waals surface area contributed by atoms with E-state index in [0.717, 1.165) is 24.2 Å². The average molecular weight is 319 g/mol. The molecule has 0 aromatic heterocycles. The second kappa shape index (κ2) is 7.25. The molecule has 0 aliphatic carbocycles. The second-order valence-corrected chi connectivity index (χ2v) is 6.38. The number of nitrogen functional groups attached to an aromatic ring is 1. The van der Waals surface area contributed by atoms with Crippen LogP contribution in [0.2, 0.25) is 0 Å². The van der Waals surface area contributed by atoms with Crippen LogP contribution in [-0.2, 0) is 14.9 Å². The first-order chi connectivity index (χ1) is 9.38. The van der Waals surface area contributed by atoms with Gasteiger partial charge in [-0.25, -0.2) is 9.52 Å². The van der Waals surface area contributed by atoms with Crippen LogP contribution in [0.1, 0.15) is 13.3 Å². The number of nitrogens with two attached hydrogens (primary N) is 1. The number of rotatable bonds is 6. The predicted octanol–water partition coefficient (Wildman–Crippen LogP) is 1.78. The van der Waals surface area contributed by atoms with E-state index >= 15 is 0 Å². The van der Waals surface area contributed by atoms with E-state index in [1.165, 1.54) is 0 Å². The Balaban J connectivity index is 2.87. The van der Waals surface area contributed by atoms with Crippen molar-refractivity contribution in [3.8, 4) is 0 Å². The van der Waals surface area contributed by atoms with Gasteiger partial charge in [0.15, 0.2) is 0 Å². The van der Waals surface area contributed by atoms with Gasteiger partial charge in [0.25, 0.3) is 0 Å². The Labute approximate surface area is 122 Å². The second-order valence-electron chi connectivity index (χ2n) is 3.80. The largest absolute Gasteiger partial charge is 0.452 e. The van der Waals surface area contributed by atoms with Crippen LogP contribution < -0.4 is 15.2 Å². The van der Waals surface area contributed by atoms with Crippen LogP contribution in [0.5, 0.6) is 0 Å². The number of hydrogen-bond donors (Lipinski definition) is 3. The number of hydrogen-bond acceptors (Lipinski definition) is 6. The van der Waals surface area contributed by atoms with Gasteiger partial charge in [0, 0.05) is 4.90 Å². The summed E-state index contributed by atoms with van der Waals surface area (Å²) in [7, 11) is -3.00. The fourth-order valence-corrected chi connectivity index (χ4v) is 2.88. The molecule has 0 heterocycles. The summed E-state index contributed by atoms with van der Waals surface area (Å²) in [6.45, 7) is 2.05. The Morgan fingerprint density at radius 3 is 2.75 bits per heavy atom. The Hall–Kier alpha value is -1.61. The molecule has 0 aliphatic heterocycles. The molecule has 4 N–H and O–H groups in total. The first-order valence-electron chi connectivity index (χ1n) is 5.78. The molecule has 1 aromatic carbocycles. The Kier molecular flexibility index (Phi) is 5.96. The third kappa shape index (κ3) is 5.17. The van der Waals surface area contributed by atoms with Gasteiger partial charge in [-0.2, -0.15) is 8.42 Å². The van der Waals surface area contributed by atoms with Crippen LogP contribution in [0, 0.1) is 0 Å². The lowest BCUT2D eigenvalue weighted by molar-refractivity contribution is 0.177. The molecular weight excluding hydrogens is 302 g/mol. The molecule has 1 amide bonds. The van der Waals surface area contributed by atoms with Crippen molar-refractivity contribution in [1.82, 2.24) is 4.72 Å². The van der Waals surface area contributed by atoms with Gasteiger partial charge >= 0.3 is 16.3 Å². The molecule has 20 heavy (non-hydrogen) atoms. The van der Waals surface area contributed by atoms with Gasteiger partial charge in [0.2, 0.25) is 0 Å². The fraction of sp³-hybridized carbons (Fsp3) is 0.364.